The molecule has 112 valence electrons. The van der Waals surface area contributed by atoms with Crippen molar-refractivity contribution >= 4 is 5.97 Å². The Morgan fingerprint density at radius 1 is 1.15 bits per heavy atom. The Kier molecular flexibility index (Phi) is 2.75. The summed E-state index contributed by atoms with van der Waals surface area (Å²) in [5.74, 6) is 0.239. The quantitative estimate of drug-likeness (QED) is 0.807. The molecule has 2 aliphatic carbocycles. The molecule has 2 saturated carbocycles. The van der Waals surface area contributed by atoms with E-state index in [0.29, 0.717) is 24.2 Å². The molecule has 0 aromatic carbocycles. The molecular formula is C16H24O4. The third-order valence-corrected chi connectivity index (χ3v) is 6.53. The summed E-state index contributed by atoms with van der Waals surface area (Å²) in [6.07, 6.45) is 6.48. The minimum Gasteiger partial charge on any atom is -0.481 e. The molecule has 4 heteroatoms. The molecule has 0 amide bonds. The van der Waals surface area contributed by atoms with E-state index < -0.39 is 11.4 Å². The van der Waals surface area contributed by atoms with Gasteiger partial charge in [-0.25, -0.2) is 0 Å². The van der Waals surface area contributed by atoms with Gasteiger partial charge in [-0.05, 0) is 43.9 Å². The molecule has 4 rings (SSSR count). The van der Waals surface area contributed by atoms with Crippen molar-refractivity contribution in [1.82, 2.24) is 0 Å². The third-order valence-electron chi connectivity index (χ3n) is 6.53. The highest BCUT2D eigenvalue weighted by Gasteiger charge is 2.63. The van der Waals surface area contributed by atoms with E-state index in [4.69, 9.17) is 9.47 Å². The van der Waals surface area contributed by atoms with Gasteiger partial charge in [0.05, 0.1) is 29.8 Å². The van der Waals surface area contributed by atoms with Crippen LogP contribution in [0.1, 0.15) is 46.0 Å². The summed E-state index contributed by atoms with van der Waals surface area (Å²) in [7, 11) is 0. The maximum atomic E-state index is 12.1. The zero-order valence-electron chi connectivity index (χ0n) is 12.2. The van der Waals surface area contributed by atoms with E-state index in [-0.39, 0.29) is 17.9 Å². The van der Waals surface area contributed by atoms with E-state index in [1.807, 2.05) is 0 Å². The first-order valence-corrected chi connectivity index (χ1v) is 8.06. The van der Waals surface area contributed by atoms with E-state index >= 15 is 0 Å². The molecular weight excluding hydrogens is 256 g/mol. The summed E-state index contributed by atoms with van der Waals surface area (Å²) < 4.78 is 11.3. The highest BCUT2D eigenvalue weighted by molar-refractivity contribution is 5.76. The normalized spacial score (nSPS) is 56.6. The molecule has 4 fully saturated rings. The summed E-state index contributed by atoms with van der Waals surface area (Å²) in [5.41, 5.74) is -0.593. The van der Waals surface area contributed by atoms with Gasteiger partial charge in [-0.2, -0.15) is 0 Å². The van der Waals surface area contributed by atoms with Crippen LogP contribution in [0.5, 0.6) is 0 Å². The first kappa shape index (κ1) is 13.1. The van der Waals surface area contributed by atoms with E-state index in [9.17, 15) is 9.90 Å². The SMILES string of the molecule is CC1CC2OC2C(C)C1(CC1CCC2OC2C1)C(=O)O. The number of hydrogen-bond acceptors (Lipinski definition) is 3. The topological polar surface area (TPSA) is 62.4 Å². The monoisotopic (exact) mass is 280 g/mol. The van der Waals surface area contributed by atoms with Crippen molar-refractivity contribution in [1.29, 1.82) is 0 Å². The number of carboxylic acids is 1. The standard InChI is InChI=1S/C16H24O4/c1-8-5-13-14(20-13)9(2)16(8,15(17)18)7-10-3-4-11-12(6-10)19-11/h8-14H,3-7H2,1-2H3,(H,17,18). The molecule has 2 heterocycles. The van der Waals surface area contributed by atoms with Crippen LogP contribution in [0, 0.1) is 23.2 Å². The molecule has 20 heavy (non-hydrogen) atoms. The van der Waals surface area contributed by atoms with Crippen LogP contribution in [0.3, 0.4) is 0 Å². The van der Waals surface area contributed by atoms with Crippen LogP contribution in [-0.2, 0) is 14.3 Å². The van der Waals surface area contributed by atoms with Crippen molar-refractivity contribution < 1.29 is 19.4 Å². The van der Waals surface area contributed by atoms with E-state index in [2.05, 4.69) is 13.8 Å². The summed E-state index contributed by atoms with van der Waals surface area (Å²) >= 11 is 0. The van der Waals surface area contributed by atoms with Gasteiger partial charge in [0.25, 0.3) is 0 Å². The fourth-order valence-corrected chi connectivity index (χ4v) is 5.12. The maximum absolute atomic E-state index is 12.1. The lowest BCUT2D eigenvalue weighted by Crippen LogP contribution is -2.50. The van der Waals surface area contributed by atoms with Gasteiger partial charge in [-0.3, -0.25) is 4.79 Å². The Balaban J connectivity index is 1.57. The fraction of sp³-hybridized carbons (Fsp3) is 0.938. The molecule has 0 spiro atoms. The Morgan fingerprint density at radius 2 is 1.95 bits per heavy atom. The van der Waals surface area contributed by atoms with E-state index in [1.54, 1.807) is 0 Å². The highest BCUT2D eigenvalue weighted by atomic mass is 16.6. The number of carbonyl (C=O) groups is 1. The Labute approximate surface area is 119 Å². The average Bonchev–Trinajstić information content (AvgIpc) is 3.27. The minimum absolute atomic E-state index is 0.131. The summed E-state index contributed by atoms with van der Waals surface area (Å²) in [5, 5.41) is 9.99. The number of ether oxygens (including phenoxy) is 2. The van der Waals surface area contributed by atoms with Crippen LogP contribution in [0.25, 0.3) is 0 Å². The lowest BCUT2D eigenvalue weighted by atomic mass is 9.57. The average molecular weight is 280 g/mol. The molecule has 0 aromatic heterocycles. The predicted molar refractivity (Wildman–Crippen MR) is 72.3 cm³/mol. The van der Waals surface area contributed by atoms with Crippen LogP contribution >= 0.6 is 0 Å². The number of aliphatic carboxylic acids is 1. The Bertz CT molecular complexity index is 436. The first-order valence-electron chi connectivity index (χ1n) is 8.06. The van der Waals surface area contributed by atoms with Crippen molar-refractivity contribution in [2.24, 2.45) is 23.2 Å². The maximum Gasteiger partial charge on any atom is 0.310 e. The molecule has 8 unspecified atom stereocenters. The van der Waals surface area contributed by atoms with Gasteiger partial charge >= 0.3 is 5.97 Å². The molecule has 1 N–H and O–H groups in total. The zero-order chi connectivity index (χ0) is 14.1. The number of hydrogen-bond donors (Lipinski definition) is 1. The van der Waals surface area contributed by atoms with E-state index in [1.165, 1.54) is 0 Å². The molecule has 0 radical (unpaired) electrons. The van der Waals surface area contributed by atoms with Crippen LogP contribution in [0.4, 0.5) is 0 Å². The van der Waals surface area contributed by atoms with Crippen LogP contribution < -0.4 is 0 Å². The third kappa shape index (κ3) is 1.77. The molecule has 0 aromatic rings. The molecule has 0 bridgehead atoms. The van der Waals surface area contributed by atoms with Crippen LogP contribution in [0.15, 0.2) is 0 Å². The summed E-state index contributed by atoms with van der Waals surface area (Å²) in [4.78, 5) is 12.1. The van der Waals surface area contributed by atoms with Gasteiger partial charge in [0.1, 0.15) is 0 Å². The lowest BCUT2D eigenvalue weighted by Gasteiger charge is -2.44. The van der Waals surface area contributed by atoms with Crippen LogP contribution in [-0.4, -0.2) is 35.5 Å². The van der Waals surface area contributed by atoms with Gasteiger partial charge in [-0.1, -0.05) is 13.8 Å². The first-order chi connectivity index (χ1) is 9.52. The molecule has 8 atom stereocenters. The molecule has 4 nitrogen and oxygen atoms in total. The zero-order valence-corrected chi connectivity index (χ0v) is 12.2. The van der Waals surface area contributed by atoms with Gasteiger partial charge in [0, 0.05) is 5.92 Å². The predicted octanol–water partition coefficient (Wildman–Crippen LogP) is 2.46. The number of fused-ring (bicyclic) bond motifs is 2. The number of carboxylic acid groups (broad SMARTS) is 1. The van der Waals surface area contributed by atoms with Crippen molar-refractivity contribution in [3.05, 3.63) is 0 Å². The lowest BCUT2D eigenvalue weighted by molar-refractivity contribution is -0.161. The summed E-state index contributed by atoms with van der Waals surface area (Å²) in [6, 6.07) is 0. The smallest absolute Gasteiger partial charge is 0.310 e. The van der Waals surface area contributed by atoms with Crippen LogP contribution in [0.2, 0.25) is 0 Å². The van der Waals surface area contributed by atoms with E-state index in [0.717, 1.165) is 32.1 Å². The van der Waals surface area contributed by atoms with Gasteiger partial charge in [0.2, 0.25) is 0 Å². The molecule has 2 saturated heterocycles. The number of epoxide rings is 2. The van der Waals surface area contributed by atoms with Crippen molar-refractivity contribution in [3.63, 3.8) is 0 Å². The van der Waals surface area contributed by atoms with Crippen molar-refractivity contribution in [2.45, 2.75) is 70.4 Å². The van der Waals surface area contributed by atoms with Gasteiger partial charge in [0.15, 0.2) is 0 Å². The number of rotatable bonds is 3. The molecule has 2 aliphatic heterocycles. The minimum atomic E-state index is -0.606. The van der Waals surface area contributed by atoms with Crippen molar-refractivity contribution in [3.8, 4) is 0 Å². The Morgan fingerprint density at radius 3 is 2.65 bits per heavy atom. The second-order valence-corrected chi connectivity index (χ2v) is 7.51. The highest BCUT2D eigenvalue weighted by Crippen LogP contribution is 2.58. The molecule has 4 aliphatic rings. The van der Waals surface area contributed by atoms with Gasteiger partial charge < -0.3 is 14.6 Å². The Hall–Kier alpha value is -0.610. The largest absolute Gasteiger partial charge is 0.481 e. The second kappa shape index (κ2) is 4.20. The summed E-state index contributed by atoms with van der Waals surface area (Å²) in [6.45, 7) is 4.20. The van der Waals surface area contributed by atoms with Gasteiger partial charge in [-0.15, -0.1) is 0 Å². The second-order valence-electron chi connectivity index (χ2n) is 7.51. The fourth-order valence-electron chi connectivity index (χ4n) is 5.12. The van der Waals surface area contributed by atoms with Crippen molar-refractivity contribution in [2.75, 3.05) is 0 Å².